The van der Waals surface area contributed by atoms with Gasteiger partial charge in [0.1, 0.15) is 18.2 Å². The molecule has 0 heterocycles. The number of benzene rings is 2. The summed E-state index contributed by atoms with van der Waals surface area (Å²) in [6.07, 6.45) is 0. The summed E-state index contributed by atoms with van der Waals surface area (Å²) in [7, 11) is 0. The molecule has 0 saturated heterocycles. The zero-order chi connectivity index (χ0) is 13.8. The van der Waals surface area contributed by atoms with Crippen molar-refractivity contribution in [3.05, 3.63) is 69.7 Å². The molecule has 0 saturated carbocycles. The Morgan fingerprint density at radius 3 is 2.26 bits per heavy atom. The van der Waals surface area contributed by atoms with E-state index < -0.39 is 17.6 Å². The Morgan fingerprint density at radius 1 is 1.11 bits per heavy atom. The second kappa shape index (κ2) is 5.93. The van der Waals surface area contributed by atoms with E-state index in [0.29, 0.717) is 0 Å². The van der Waals surface area contributed by atoms with Crippen LogP contribution < -0.4 is 0 Å². The first-order valence-electron chi connectivity index (χ1n) is 5.43. The first kappa shape index (κ1) is 13.7. The molecule has 0 bridgehead atoms. The highest BCUT2D eigenvalue weighted by atomic mass is 79.9. The van der Waals surface area contributed by atoms with Gasteiger partial charge in [0.25, 0.3) is 0 Å². The van der Waals surface area contributed by atoms with E-state index in [2.05, 4.69) is 15.9 Å². The van der Waals surface area contributed by atoms with Crippen LogP contribution in [-0.4, -0.2) is 5.97 Å². The van der Waals surface area contributed by atoms with E-state index >= 15 is 0 Å². The molecule has 0 fully saturated rings. The van der Waals surface area contributed by atoms with Gasteiger partial charge in [0.05, 0.1) is 10.0 Å². The van der Waals surface area contributed by atoms with E-state index in [4.69, 9.17) is 4.74 Å². The molecule has 2 rings (SSSR count). The van der Waals surface area contributed by atoms with Gasteiger partial charge in [-0.2, -0.15) is 0 Å². The molecule has 19 heavy (non-hydrogen) atoms. The Morgan fingerprint density at radius 2 is 1.68 bits per heavy atom. The van der Waals surface area contributed by atoms with Crippen molar-refractivity contribution < 1.29 is 18.3 Å². The summed E-state index contributed by atoms with van der Waals surface area (Å²) in [5.74, 6) is -2.45. The van der Waals surface area contributed by atoms with Gasteiger partial charge in [0.2, 0.25) is 0 Å². The number of carbonyl (C=O) groups is 1. The van der Waals surface area contributed by atoms with Crippen LogP contribution in [0.5, 0.6) is 0 Å². The van der Waals surface area contributed by atoms with E-state index in [-0.39, 0.29) is 16.6 Å². The van der Waals surface area contributed by atoms with Gasteiger partial charge in [-0.15, -0.1) is 0 Å². The molecule has 0 N–H and O–H groups in total. The lowest BCUT2D eigenvalue weighted by molar-refractivity contribution is 0.0471. The number of carbonyl (C=O) groups excluding carboxylic acids is 1. The molecule has 0 aliphatic heterocycles. The number of rotatable bonds is 3. The Balaban J connectivity index is 2.08. The van der Waals surface area contributed by atoms with Crippen LogP contribution in [0, 0.1) is 11.6 Å². The average molecular weight is 327 g/mol. The topological polar surface area (TPSA) is 26.3 Å². The monoisotopic (exact) mass is 326 g/mol. The molecule has 0 atom stereocenters. The largest absolute Gasteiger partial charge is 0.457 e. The summed E-state index contributed by atoms with van der Waals surface area (Å²) in [5, 5.41) is 0. The van der Waals surface area contributed by atoms with Gasteiger partial charge < -0.3 is 4.74 Å². The van der Waals surface area contributed by atoms with Crippen LogP contribution in [0.15, 0.2) is 46.9 Å². The molecule has 2 nitrogen and oxygen atoms in total. The van der Waals surface area contributed by atoms with Crippen molar-refractivity contribution in [2.75, 3.05) is 0 Å². The van der Waals surface area contributed by atoms with Gasteiger partial charge in [0, 0.05) is 0 Å². The Kier molecular flexibility index (Phi) is 4.27. The van der Waals surface area contributed by atoms with Gasteiger partial charge >= 0.3 is 5.97 Å². The minimum absolute atomic E-state index is 0.0545. The smallest absolute Gasteiger partial charge is 0.338 e. The number of halogens is 3. The number of hydrogen-bond acceptors (Lipinski definition) is 2. The third-order valence-electron chi connectivity index (χ3n) is 2.43. The number of esters is 1. The maximum atomic E-state index is 13.3. The highest BCUT2D eigenvalue weighted by Gasteiger charge is 2.14. The molecular weight excluding hydrogens is 318 g/mol. The van der Waals surface area contributed by atoms with Crippen molar-refractivity contribution >= 4 is 21.9 Å². The quantitative estimate of drug-likeness (QED) is 0.627. The van der Waals surface area contributed by atoms with E-state index in [0.717, 1.165) is 17.7 Å². The van der Waals surface area contributed by atoms with Gasteiger partial charge in [-0.25, -0.2) is 13.6 Å². The lowest BCUT2D eigenvalue weighted by atomic mass is 10.2. The number of hydrogen-bond donors (Lipinski definition) is 0. The summed E-state index contributed by atoms with van der Waals surface area (Å²) in [5.41, 5.74) is 0.642. The van der Waals surface area contributed by atoms with Crippen LogP contribution in [-0.2, 0) is 11.3 Å². The van der Waals surface area contributed by atoms with Crippen LogP contribution in [0.3, 0.4) is 0 Å². The van der Waals surface area contributed by atoms with Crippen LogP contribution in [0.2, 0.25) is 0 Å². The van der Waals surface area contributed by atoms with Crippen LogP contribution in [0.1, 0.15) is 15.9 Å². The van der Waals surface area contributed by atoms with Gasteiger partial charge in [0.15, 0.2) is 0 Å². The molecule has 0 unspecified atom stereocenters. The Bertz CT molecular complexity index is 577. The third kappa shape index (κ3) is 3.38. The Labute approximate surface area is 117 Å². The van der Waals surface area contributed by atoms with Crippen molar-refractivity contribution in [2.24, 2.45) is 0 Å². The maximum Gasteiger partial charge on any atom is 0.338 e. The minimum Gasteiger partial charge on any atom is -0.457 e. The SMILES string of the molecule is O=C(OCc1ccccc1)c1cc(F)c(Br)c(F)c1. The molecule has 0 aliphatic rings. The van der Waals surface area contributed by atoms with E-state index in [1.54, 1.807) is 12.1 Å². The first-order chi connectivity index (χ1) is 9.08. The van der Waals surface area contributed by atoms with Gasteiger partial charge in [-0.3, -0.25) is 0 Å². The zero-order valence-electron chi connectivity index (χ0n) is 9.70. The zero-order valence-corrected chi connectivity index (χ0v) is 11.3. The molecule has 5 heteroatoms. The van der Waals surface area contributed by atoms with Crippen molar-refractivity contribution in [2.45, 2.75) is 6.61 Å². The lowest BCUT2D eigenvalue weighted by Gasteiger charge is -2.06. The highest BCUT2D eigenvalue weighted by molar-refractivity contribution is 9.10. The second-order valence-corrected chi connectivity index (χ2v) is 4.61. The predicted molar refractivity (Wildman–Crippen MR) is 69.6 cm³/mol. The van der Waals surface area contributed by atoms with Crippen molar-refractivity contribution in [1.82, 2.24) is 0 Å². The second-order valence-electron chi connectivity index (χ2n) is 3.82. The van der Waals surface area contributed by atoms with Crippen molar-refractivity contribution in [3.63, 3.8) is 0 Å². The normalized spacial score (nSPS) is 10.3. The van der Waals surface area contributed by atoms with Crippen molar-refractivity contribution in [3.8, 4) is 0 Å². The fraction of sp³-hybridized carbons (Fsp3) is 0.0714. The standard InChI is InChI=1S/C14H9BrF2O2/c15-13-11(16)6-10(7-12(13)17)14(18)19-8-9-4-2-1-3-5-9/h1-7H,8H2. The molecule has 2 aromatic rings. The van der Waals surface area contributed by atoms with E-state index in [1.165, 1.54) is 0 Å². The summed E-state index contributed by atoms with van der Waals surface area (Å²) >= 11 is 2.74. The average Bonchev–Trinajstić information content (AvgIpc) is 2.42. The number of ether oxygens (including phenoxy) is 1. The fourth-order valence-electron chi connectivity index (χ4n) is 1.48. The lowest BCUT2D eigenvalue weighted by Crippen LogP contribution is -2.06. The summed E-state index contributed by atoms with van der Waals surface area (Å²) in [6.45, 7) is 0.0545. The highest BCUT2D eigenvalue weighted by Crippen LogP contribution is 2.21. The molecule has 0 spiro atoms. The minimum atomic E-state index is -0.841. The fourth-order valence-corrected chi connectivity index (χ4v) is 1.71. The molecule has 0 aliphatic carbocycles. The molecule has 0 amide bonds. The molecule has 0 radical (unpaired) electrons. The summed E-state index contributed by atoms with van der Waals surface area (Å²) in [6, 6.07) is 10.9. The molecule has 98 valence electrons. The van der Waals surface area contributed by atoms with Gasteiger partial charge in [-0.05, 0) is 33.6 Å². The summed E-state index contributed by atoms with van der Waals surface area (Å²) in [4.78, 5) is 11.7. The van der Waals surface area contributed by atoms with Gasteiger partial charge in [-0.1, -0.05) is 30.3 Å². The van der Waals surface area contributed by atoms with Crippen LogP contribution in [0.25, 0.3) is 0 Å². The van der Waals surface area contributed by atoms with Crippen molar-refractivity contribution in [1.29, 1.82) is 0 Å². The van der Waals surface area contributed by atoms with Crippen LogP contribution in [0.4, 0.5) is 8.78 Å². The van der Waals surface area contributed by atoms with E-state index in [9.17, 15) is 13.6 Å². The predicted octanol–water partition coefficient (Wildman–Crippen LogP) is 4.08. The maximum absolute atomic E-state index is 13.3. The molecule has 0 aromatic heterocycles. The Hall–Kier alpha value is -1.75. The van der Waals surface area contributed by atoms with E-state index in [1.807, 2.05) is 18.2 Å². The first-order valence-corrected chi connectivity index (χ1v) is 6.23. The molecule has 2 aromatic carbocycles. The third-order valence-corrected chi connectivity index (χ3v) is 3.19. The molecular formula is C14H9BrF2O2. The van der Waals surface area contributed by atoms with Crippen LogP contribution >= 0.6 is 15.9 Å². The summed E-state index contributed by atoms with van der Waals surface area (Å²) < 4.78 is 31.2.